The van der Waals surface area contributed by atoms with Crippen LogP contribution in [0.4, 0.5) is 5.69 Å². The molecule has 2 aromatic rings. The van der Waals surface area contributed by atoms with Crippen molar-refractivity contribution in [2.75, 3.05) is 18.4 Å². The van der Waals surface area contributed by atoms with Gasteiger partial charge in [0.2, 0.25) is 0 Å². The van der Waals surface area contributed by atoms with Gasteiger partial charge in [-0.2, -0.15) is 0 Å². The molecule has 1 saturated heterocycles. The Balaban J connectivity index is 1.65. The van der Waals surface area contributed by atoms with Crippen LogP contribution in [0.3, 0.4) is 0 Å². The Morgan fingerprint density at radius 2 is 2.13 bits per heavy atom. The highest BCUT2D eigenvalue weighted by Gasteiger charge is 2.22. The van der Waals surface area contributed by atoms with Gasteiger partial charge in [0.15, 0.2) is 11.6 Å². The molecular weight excluding hydrogens is 290 g/mol. The first-order chi connectivity index (χ1) is 11.1. The number of nitrogens with one attached hydrogen (secondary N) is 2. The zero-order valence-electron chi connectivity index (χ0n) is 13.6. The number of carbonyl (C=O) groups is 1. The van der Waals surface area contributed by atoms with Crippen LogP contribution in [0.2, 0.25) is 0 Å². The highest BCUT2D eigenvalue weighted by Crippen LogP contribution is 2.23. The minimum absolute atomic E-state index is 0.235. The van der Waals surface area contributed by atoms with Gasteiger partial charge in [0, 0.05) is 18.2 Å². The molecule has 0 aliphatic carbocycles. The third kappa shape index (κ3) is 3.79. The number of oxazole rings is 1. The summed E-state index contributed by atoms with van der Waals surface area (Å²) >= 11 is 0. The molecule has 3 rings (SSSR count). The lowest BCUT2D eigenvalue weighted by Crippen LogP contribution is -2.28. The van der Waals surface area contributed by atoms with Crippen LogP contribution < -0.4 is 10.6 Å². The van der Waals surface area contributed by atoms with Gasteiger partial charge < -0.3 is 15.1 Å². The van der Waals surface area contributed by atoms with Gasteiger partial charge in [-0.1, -0.05) is 26.0 Å². The Morgan fingerprint density at radius 3 is 2.78 bits per heavy atom. The molecule has 5 nitrogen and oxygen atoms in total. The third-order valence-electron chi connectivity index (χ3n) is 4.24. The molecule has 23 heavy (non-hydrogen) atoms. The Bertz CT molecular complexity index is 655. The largest absolute Gasteiger partial charge is 0.448 e. The van der Waals surface area contributed by atoms with Crippen LogP contribution in [-0.4, -0.2) is 24.0 Å². The number of carbonyl (C=O) groups excluding carboxylic acids is 1. The summed E-state index contributed by atoms with van der Waals surface area (Å²) in [5, 5.41) is 6.19. The van der Waals surface area contributed by atoms with Gasteiger partial charge in [-0.25, -0.2) is 4.98 Å². The molecule has 1 aromatic heterocycles. The van der Waals surface area contributed by atoms with Crippen molar-refractivity contribution in [3.63, 3.8) is 0 Å². The average Bonchev–Trinajstić information content (AvgIpc) is 3.06. The second-order valence-electron chi connectivity index (χ2n) is 6.35. The Kier molecular flexibility index (Phi) is 4.76. The van der Waals surface area contributed by atoms with Crippen molar-refractivity contribution in [3.8, 4) is 0 Å². The summed E-state index contributed by atoms with van der Waals surface area (Å²) in [7, 11) is 0. The van der Waals surface area contributed by atoms with E-state index in [0.29, 0.717) is 17.5 Å². The number of hydrogen-bond acceptors (Lipinski definition) is 4. The Hall–Kier alpha value is -2.14. The molecule has 0 saturated carbocycles. The van der Waals surface area contributed by atoms with Crippen molar-refractivity contribution in [1.82, 2.24) is 10.3 Å². The summed E-state index contributed by atoms with van der Waals surface area (Å²) in [6.07, 6.45) is 3.60. The smallest absolute Gasteiger partial charge is 0.277 e. The number of aromatic nitrogens is 1. The predicted octanol–water partition coefficient (Wildman–Crippen LogP) is 3.52. The first kappa shape index (κ1) is 15.7. The molecule has 1 aliphatic rings. The second kappa shape index (κ2) is 6.96. The lowest BCUT2D eigenvalue weighted by Gasteiger charge is -2.19. The van der Waals surface area contributed by atoms with Gasteiger partial charge in [-0.3, -0.25) is 4.79 Å². The topological polar surface area (TPSA) is 67.2 Å². The van der Waals surface area contributed by atoms with Crippen molar-refractivity contribution in [2.24, 2.45) is 0 Å². The van der Waals surface area contributed by atoms with E-state index in [1.807, 2.05) is 24.3 Å². The summed E-state index contributed by atoms with van der Waals surface area (Å²) < 4.78 is 5.50. The van der Waals surface area contributed by atoms with E-state index in [0.717, 1.165) is 31.6 Å². The van der Waals surface area contributed by atoms with Gasteiger partial charge in [-0.05, 0) is 43.0 Å². The van der Waals surface area contributed by atoms with E-state index in [-0.39, 0.29) is 11.8 Å². The molecule has 5 heteroatoms. The molecule has 2 N–H and O–H groups in total. The van der Waals surface area contributed by atoms with Crippen LogP contribution in [0.1, 0.15) is 60.5 Å². The van der Waals surface area contributed by atoms with Gasteiger partial charge in [0.1, 0.15) is 6.26 Å². The van der Waals surface area contributed by atoms with Crippen LogP contribution >= 0.6 is 0 Å². The molecule has 2 heterocycles. The van der Waals surface area contributed by atoms with Crippen molar-refractivity contribution < 1.29 is 9.21 Å². The first-order valence-corrected chi connectivity index (χ1v) is 8.21. The quantitative estimate of drug-likeness (QED) is 0.906. The lowest BCUT2D eigenvalue weighted by atomic mass is 10.00. The van der Waals surface area contributed by atoms with E-state index in [4.69, 9.17) is 4.42 Å². The first-order valence-electron chi connectivity index (χ1n) is 8.21. The molecule has 122 valence electrons. The van der Waals surface area contributed by atoms with E-state index in [1.165, 1.54) is 11.8 Å². The fourth-order valence-corrected chi connectivity index (χ4v) is 2.79. The van der Waals surface area contributed by atoms with Crippen molar-refractivity contribution in [3.05, 3.63) is 47.7 Å². The van der Waals surface area contributed by atoms with E-state index in [9.17, 15) is 4.79 Å². The Morgan fingerprint density at radius 1 is 1.35 bits per heavy atom. The van der Waals surface area contributed by atoms with E-state index in [1.54, 1.807) is 0 Å². The minimum Gasteiger partial charge on any atom is -0.448 e. The molecule has 0 spiro atoms. The molecule has 1 atom stereocenters. The van der Waals surface area contributed by atoms with E-state index < -0.39 is 0 Å². The molecule has 0 bridgehead atoms. The summed E-state index contributed by atoms with van der Waals surface area (Å²) in [6.45, 7) is 6.18. The minimum atomic E-state index is -0.235. The standard InChI is InChI=1S/C18H23N3O2/c1-12(2)13-5-7-15(8-6-13)20-17(22)16-11-23-18(21-16)14-4-3-9-19-10-14/h5-8,11-12,14,19H,3-4,9-10H2,1-2H3,(H,20,22). The molecule has 1 fully saturated rings. The number of rotatable bonds is 4. The van der Waals surface area contributed by atoms with Crippen molar-refractivity contribution in [2.45, 2.75) is 38.5 Å². The van der Waals surface area contributed by atoms with Crippen molar-refractivity contribution in [1.29, 1.82) is 0 Å². The molecule has 1 unspecified atom stereocenters. The normalized spacial score (nSPS) is 18.1. The zero-order valence-corrected chi connectivity index (χ0v) is 13.6. The fraction of sp³-hybridized carbons (Fsp3) is 0.444. The van der Waals surface area contributed by atoms with E-state index in [2.05, 4.69) is 29.5 Å². The van der Waals surface area contributed by atoms with Crippen LogP contribution in [0.25, 0.3) is 0 Å². The van der Waals surface area contributed by atoms with E-state index >= 15 is 0 Å². The van der Waals surface area contributed by atoms with Gasteiger partial charge in [0.25, 0.3) is 5.91 Å². The van der Waals surface area contributed by atoms with Crippen molar-refractivity contribution >= 4 is 11.6 Å². The van der Waals surface area contributed by atoms with Crippen LogP contribution in [0.5, 0.6) is 0 Å². The molecular formula is C18H23N3O2. The second-order valence-corrected chi connectivity index (χ2v) is 6.35. The molecule has 1 aromatic carbocycles. The highest BCUT2D eigenvalue weighted by atomic mass is 16.3. The summed E-state index contributed by atoms with van der Waals surface area (Å²) in [5.74, 6) is 1.15. The van der Waals surface area contributed by atoms with Crippen LogP contribution in [0, 0.1) is 0 Å². The maximum absolute atomic E-state index is 12.3. The molecule has 1 amide bonds. The number of amides is 1. The fourth-order valence-electron chi connectivity index (χ4n) is 2.79. The van der Waals surface area contributed by atoms with Crippen LogP contribution in [-0.2, 0) is 0 Å². The van der Waals surface area contributed by atoms with Gasteiger partial charge in [0.05, 0.1) is 0 Å². The number of benzene rings is 1. The Labute approximate surface area is 136 Å². The summed E-state index contributed by atoms with van der Waals surface area (Å²) in [6, 6.07) is 7.89. The number of anilines is 1. The third-order valence-corrected chi connectivity index (χ3v) is 4.24. The zero-order chi connectivity index (χ0) is 16.2. The number of nitrogens with zero attached hydrogens (tertiary/aromatic N) is 1. The number of piperidine rings is 1. The maximum Gasteiger partial charge on any atom is 0.277 e. The molecule has 1 aliphatic heterocycles. The summed E-state index contributed by atoms with van der Waals surface area (Å²) in [4.78, 5) is 16.6. The van der Waals surface area contributed by atoms with Crippen LogP contribution in [0.15, 0.2) is 34.9 Å². The highest BCUT2D eigenvalue weighted by molar-refractivity contribution is 6.02. The lowest BCUT2D eigenvalue weighted by molar-refractivity contribution is 0.102. The maximum atomic E-state index is 12.3. The van der Waals surface area contributed by atoms with Gasteiger partial charge >= 0.3 is 0 Å². The average molecular weight is 313 g/mol. The summed E-state index contributed by atoms with van der Waals surface area (Å²) in [5.41, 5.74) is 2.35. The predicted molar refractivity (Wildman–Crippen MR) is 89.8 cm³/mol. The SMILES string of the molecule is CC(C)c1ccc(NC(=O)c2coc(C3CCCNC3)n2)cc1. The molecule has 0 radical (unpaired) electrons. The number of hydrogen-bond donors (Lipinski definition) is 2. The van der Waals surface area contributed by atoms with Gasteiger partial charge in [-0.15, -0.1) is 0 Å². The monoisotopic (exact) mass is 313 g/mol.